The molecule has 0 radical (unpaired) electrons. The molecule has 2 nitrogen and oxygen atoms in total. The van der Waals surface area contributed by atoms with Crippen LogP contribution in [0.15, 0.2) is 12.2 Å². The number of hydrogen-bond donors (Lipinski definition) is 1. The van der Waals surface area contributed by atoms with Crippen LogP contribution < -0.4 is 0 Å². The van der Waals surface area contributed by atoms with Crippen LogP contribution in [-0.4, -0.2) is 36.2 Å². The highest BCUT2D eigenvalue weighted by Gasteiger charge is 2.15. The third-order valence-electron chi connectivity index (χ3n) is 2.50. The first-order chi connectivity index (χ1) is 5.86. The van der Waals surface area contributed by atoms with Gasteiger partial charge in [-0.3, -0.25) is 0 Å². The van der Waals surface area contributed by atoms with Gasteiger partial charge in [0.05, 0.1) is 6.61 Å². The third kappa shape index (κ3) is 2.95. The van der Waals surface area contributed by atoms with Crippen molar-refractivity contribution in [1.82, 2.24) is 4.90 Å². The predicted molar refractivity (Wildman–Crippen MR) is 51.1 cm³/mol. The van der Waals surface area contributed by atoms with E-state index in [9.17, 15) is 0 Å². The Kier molecular flexibility index (Phi) is 4.33. The van der Waals surface area contributed by atoms with Gasteiger partial charge in [-0.1, -0.05) is 19.1 Å². The van der Waals surface area contributed by atoms with Crippen molar-refractivity contribution in [2.45, 2.75) is 19.8 Å². The molecule has 1 heterocycles. The molecule has 0 amide bonds. The largest absolute Gasteiger partial charge is 0.392 e. The predicted octanol–water partition coefficient (Wildman–Crippen LogP) is 1.27. The Balaban J connectivity index is 2.30. The summed E-state index contributed by atoms with van der Waals surface area (Å²) in [6.07, 6.45) is 6.60. The van der Waals surface area contributed by atoms with Crippen LogP contribution in [0.25, 0.3) is 0 Å². The minimum atomic E-state index is 0.183. The normalized spacial score (nSPS) is 26.7. The van der Waals surface area contributed by atoms with Gasteiger partial charge in [0, 0.05) is 6.54 Å². The van der Waals surface area contributed by atoms with Crippen molar-refractivity contribution in [3.63, 3.8) is 0 Å². The fourth-order valence-corrected chi connectivity index (χ4v) is 1.79. The summed E-state index contributed by atoms with van der Waals surface area (Å²) < 4.78 is 0. The third-order valence-corrected chi connectivity index (χ3v) is 2.50. The average Bonchev–Trinajstić information content (AvgIpc) is 2.15. The van der Waals surface area contributed by atoms with Crippen molar-refractivity contribution in [2.24, 2.45) is 5.92 Å². The molecule has 0 aromatic carbocycles. The van der Waals surface area contributed by atoms with Crippen LogP contribution in [0.4, 0.5) is 0 Å². The fraction of sp³-hybridized carbons (Fsp3) is 0.800. The molecule has 0 bridgehead atoms. The summed E-state index contributed by atoms with van der Waals surface area (Å²) in [5.41, 5.74) is 0. The number of hydrogen-bond acceptors (Lipinski definition) is 2. The van der Waals surface area contributed by atoms with Gasteiger partial charge in [0.15, 0.2) is 0 Å². The smallest absolute Gasteiger partial charge is 0.0612 e. The molecule has 1 saturated heterocycles. The van der Waals surface area contributed by atoms with Crippen LogP contribution in [-0.2, 0) is 0 Å². The number of likely N-dealkylation sites (tertiary alicyclic amines) is 1. The lowest BCUT2D eigenvalue weighted by Gasteiger charge is -2.30. The number of piperidine rings is 1. The maximum absolute atomic E-state index is 8.62. The van der Waals surface area contributed by atoms with E-state index in [4.69, 9.17) is 5.11 Å². The summed E-state index contributed by atoms with van der Waals surface area (Å²) in [4.78, 5) is 2.47. The second kappa shape index (κ2) is 5.33. The first-order valence-corrected chi connectivity index (χ1v) is 4.86. The van der Waals surface area contributed by atoms with E-state index in [-0.39, 0.29) is 6.61 Å². The molecule has 1 atom stereocenters. The monoisotopic (exact) mass is 169 g/mol. The number of aliphatic hydroxyl groups is 1. The summed E-state index contributed by atoms with van der Waals surface area (Å²) in [7, 11) is 0. The van der Waals surface area contributed by atoms with E-state index in [1.165, 1.54) is 25.9 Å². The molecule has 1 unspecified atom stereocenters. The highest BCUT2D eigenvalue weighted by Crippen LogP contribution is 2.16. The maximum Gasteiger partial charge on any atom is 0.0612 e. The summed E-state index contributed by atoms with van der Waals surface area (Å²) >= 11 is 0. The van der Waals surface area contributed by atoms with E-state index in [0.717, 1.165) is 6.54 Å². The van der Waals surface area contributed by atoms with Gasteiger partial charge in [0.2, 0.25) is 0 Å². The Labute approximate surface area is 74.9 Å². The summed E-state index contributed by atoms with van der Waals surface area (Å²) in [6.45, 7) is 5.97. The summed E-state index contributed by atoms with van der Waals surface area (Å²) in [5.74, 6) is 0.672. The van der Waals surface area contributed by atoms with Gasteiger partial charge in [-0.05, 0) is 31.8 Å². The lowest BCUT2D eigenvalue weighted by Crippen LogP contribution is -2.34. The molecular formula is C10H19NO. The Hall–Kier alpha value is -0.340. The molecular weight excluding hydrogens is 150 g/mol. The highest BCUT2D eigenvalue weighted by atomic mass is 16.2. The minimum absolute atomic E-state index is 0.183. The molecule has 0 aromatic rings. The number of rotatable bonds is 3. The van der Waals surface area contributed by atoms with Crippen molar-refractivity contribution >= 4 is 0 Å². The van der Waals surface area contributed by atoms with Crippen LogP contribution in [0.2, 0.25) is 0 Å². The van der Waals surface area contributed by atoms with E-state index in [2.05, 4.69) is 17.9 Å². The summed E-state index contributed by atoms with van der Waals surface area (Å²) in [6, 6.07) is 0. The average molecular weight is 169 g/mol. The topological polar surface area (TPSA) is 23.5 Å². The van der Waals surface area contributed by atoms with Gasteiger partial charge in [0.25, 0.3) is 0 Å². The van der Waals surface area contributed by atoms with E-state index in [0.29, 0.717) is 5.92 Å². The molecule has 0 aliphatic carbocycles. The van der Waals surface area contributed by atoms with Gasteiger partial charge >= 0.3 is 0 Å². The van der Waals surface area contributed by atoms with Gasteiger partial charge in [-0.25, -0.2) is 0 Å². The van der Waals surface area contributed by atoms with Crippen molar-refractivity contribution in [3.8, 4) is 0 Å². The zero-order valence-corrected chi connectivity index (χ0v) is 7.87. The molecule has 1 rings (SSSR count). The Morgan fingerprint density at radius 1 is 1.58 bits per heavy atom. The van der Waals surface area contributed by atoms with Gasteiger partial charge in [-0.2, -0.15) is 0 Å². The summed E-state index contributed by atoms with van der Waals surface area (Å²) in [5, 5.41) is 8.62. The van der Waals surface area contributed by atoms with Crippen molar-refractivity contribution in [3.05, 3.63) is 12.2 Å². The van der Waals surface area contributed by atoms with Crippen molar-refractivity contribution in [1.29, 1.82) is 0 Å². The molecule has 1 aliphatic rings. The molecule has 0 spiro atoms. The first kappa shape index (κ1) is 9.75. The van der Waals surface area contributed by atoms with Crippen molar-refractivity contribution in [2.75, 3.05) is 26.2 Å². The quantitative estimate of drug-likeness (QED) is 0.643. The van der Waals surface area contributed by atoms with Crippen molar-refractivity contribution < 1.29 is 5.11 Å². The molecule has 70 valence electrons. The molecule has 1 N–H and O–H groups in total. The number of nitrogens with zero attached hydrogens (tertiary/aromatic N) is 1. The maximum atomic E-state index is 8.62. The van der Waals surface area contributed by atoms with E-state index in [1.807, 2.05) is 6.08 Å². The lowest BCUT2D eigenvalue weighted by molar-refractivity contribution is 0.205. The van der Waals surface area contributed by atoms with Crippen LogP contribution in [0.5, 0.6) is 0 Å². The second-order valence-corrected chi connectivity index (χ2v) is 3.41. The Bertz CT molecular complexity index is 145. The number of aliphatic hydroxyl groups excluding tert-OH is 1. The lowest BCUT2D eigenvalue weighted by atomic mass is 9.98. The fourth-order valence-electron chi connectivity index (χ4n) is 1.79. The molecule has 2 heteroatoms. The van der Waals surface area contributed by atoms with Crippen LogP contribution >= 0.6 is 0 Å². The van der Waals surface area contributed by atoms with Gasteiger partial charge in [-0.15, -0.1) is 0 Å². The van der Waals surface area contributed by atoms with E-state index < -0.39 is 0 Å². The van der Waals surface area contributed by atoms with E-state index >= 15 is 0 Å². The molecule has 1 fully saturated rings. The Morgan fingerprint density at radius 2 is 2.42 bits per heavy atom. The SMILES string of the molecule is CCN1CCCC(/C=C\CO)C1. The van der Waals surface area contributed by atoms with Gasteiger partial charge < -0.3 is 10.0 Å². The standard InChI is InChI=1S/C10H19NO/c1-2-11-7-3-5-10(9-11)6-4-8-12/h4,6,10,12H,2-3,5,7-9H2,1H3/b6-4-. The second-order valence-electron chi connectivity index (χ2n) is 3.41. The first-order valence-electron chi connectivity index (χ1n) is 4.86. The molecule has 1 aliphatic heterocycles. The zero-order valence-electron chi connectivity index (χ0n) is 7.87. The molecule has 12 heavy (non-hydrogen) atoms. The Morgan fingerprint density at radius 3 is 3.08 bits per heavy atom. The highest BCUT2D eigenvalue weighted by molar-refractivity contribution is 4.91. The minimum Gasteiger partial charge on any atom is -0.392 e. The van der Waals surface area contributed by atoms with Crippen LogP contribution in [0, 0.1) is 5.92 Å². The molecule has 0 saturated carbocycles. The van der Waals surface area contributed by atoms with Gasteiger partial charge in [0.1, 0.15) is 0 Å². The zero-order chi connectivity index (χ0) is 8.81. The van der Waals surface area contributed by atoms with E-state index in [1.54, 1.807) is 0 Å². The van der Waals surface area contributed by atoms with Crippen LogP contribution in [0.3, 0.4) is 0 Å². The molecule has 0 aromatic heterocycles. The van der Waals surface area contributed by atoms with Crippen LogP contribution in [0.1, 0.15) is 19.8 Å².